The van der Waals surface area contributed by atoms with Gasteiger partial charge in [0, 0.05) is 8.95 Å². The molecule has 0 bridgehead atoms. The molecule has 0 aromatic heterocycles. The van der Waals surface area contributed by atoms with E-state index in [9.17, 15) is 0 Å². The molecule has 2 rings (SSSR count). The highest BCUT2D eigenvalue weighted by Crippen LogP contribution is 2.29. The molecule has 3 N–H and O–H groups in total. The van der Waals surface area contributed by atoms with Crippen molar-refractivity contribution in [3.8, 4) is 0 Å². The number of aryl methyl sites for hydroxylation is 1. The standard InChI is InChI=1S/C15H16Br2N2/c1-10-4-2-3-5-11(10)8-15(19-18)13-7-6-12(16)9-14(13)17/h2-7,9,15,19H,8,18H2,1H3. The van der Waals surface area contributed by atoms with Gasteiger partial charge in [0.25, 0.3) is 0 Å². The average molecular weight is 384 g/mol. The molecule has 100 valence electrons. The van der Waals surface area contributed by atoms with Crippen molar-refractivity contribution in [2.45, 2.75) is 19.4 Å². The molecule has 1 atom stereocenters. The Kier molecular flexibility index (Phi) is 5.16. The lowest BCUT2D eigenvalue weighted by atomic mass is 9.96. The Bertz CT molecular complexity index is 570. The monoisotopic (exact) mass is 382 g/mol. The van der Waals surface area contributed by atoms with E-state index in [0.717, 1.165) is 20.9 Å². The number of benzene rings is 2. The quantitative estimate of drug-likeness (QED) is 0.611. The van der Waals surface area contributed by atoms with Crippen LogP contribution in [0.15, 0.2) is 51.4 Å². The van der Waals surface area contributed by atoms with E-state index in [1.54, 1.807) is 0 Å². The normalized spacial score (nSPS) is 12.4. The van der Waals surface area contributed by atoms with Crippen LogP contribution in [0, 0.1) is 6.92 Å². The summed E-state index contributed by atoms with van der Waals surface area (Å²) < 4.78 is 2.10. The van der Waals surface area contributed by atoms with E-state index in [-0.39, 0.29) is 6.04 Å². The van der Waals surface area contributed by atoms with Gasteiger partial charge >= 0.3 is 0 Å². The van der Waals surface area contributed by atoms with Crippen LogP contribution in [0.2, 0.25) is 0 Å². The second-order valence-electron chi connectivity index (χ2n) is 4.52. The van der Waals surface area contributed by atoms with Gasteiger partial charge in [-0.25, -0.2) is 0 Å². The van der Waals surface area contributed by atoms with E-state index in [4.69, 9.17) is 5.84 Å². The van der Waals surface area contributed by atoms with E-state index in [1.165, 1.54) is 11.1 Å². The highest BCUT2D eigenvalue weighted by atomic mass is 79.9. The summed E-state index contributed by atoms with van der Waals surface area (Å²) in [5, 5.41) is 0. The van der Waals surface area contributed by atoms with Gasteiger partial charge in [0.05, 0.1) is 6.04 Å². The van der Waals surface area contributed by atoms with Crippen molar-refractivity contribution in [3.05, 3.63) is 68.1 Å². The topological polar surface area (TPSA) is 38.0 Å². The molecule has 0 fully saturated rings. The molecule has 2 aromatic carbocycles. The third-order valence-electron chi connectivity index (χ3n) is 3.22. The Hall–Kier alpha value is -0.680. The number of hydrogen-bond acceptors (Lipinski definition) is 2. The van der Waals surface area contributed by atoms with Crippen LogP contribution in [0.4, 0.5) is 0 Å². The molecular weight excluding hydrogens is 368 g/mol. The summed E-state index contributed by atoms with van der Waals surface area (Å²) in [6, 6.07) is 14.6. The van der Waals surface area contributed by atoms with E-state index >= 15 is 0 Å². The number of hydrazine groups is 1. The van der Waals surface area contributed by atoms with Gasteiger partial charge in [0.2, 0.25) is 0 Å². The first-order valence-electron chi connectivity index (χ1n) is 6.07. The van der Waals surface area contributed by atoms with E-state index in [0.29, 0.717) is 0 Å². The minimum atomic E-state index is 0.0866. The fourth-order valence-corrected chi connectivity index (χ4v) is 3.43. The summed E-state index contributed by atoms with van der Waals surface area (Å²) in [6.07, 6.45) is 0.864. The van der Waals surface area contributed by atoms with Gasteiger partial charge in [-0.2, -0.15) is 0 Å². The minimum absolute atomic E-state index is 0.0866. The van der Waals surface area contributed by atoms with Gasteiger partial charge in [-0.1, -0.05) is 62.2 Å². The van der Waals surface area contributed by atoms with Gasteiger partial charge < -0.3 is 0 Å². The summed E-state index contributed by atoms with van der Waals surface area (Å²) in [6.45, 7) is 2.12. The molecule has 4 heteroatoms. The first kappa shape index (κ1) is 14.7. The third-order valence-corrected chi connectivity index (χ3v) is 4.40. The molecule has 0 saturated heterocycles. The zero-order chi connectivity index (χ0) is 13.8. The molecule has 0 saturated carbocycles. The maximum absolute atomic E-state index is 5.73. The van der Waals surface area contributed by atoms with Crippen LogP contribution in [0.25, 0.3) is 0 Å². The maximum Gasteiger partial charge on any atom is 0.0511 e. The largest absolute Gasteiger partial charge is 0.271 e. The fourth-order valence-electron chi connectivity index (χ4n) is 2.10. The SMILES string of the molecule is Cc1ccccc1CC(NN)c1ccc(Br)cc1Br. The smallest absolute Gasteiger partial charge is 0.0511 e. The molecule has 0 radical (unpaired) electrons. The van der Waals surface area contributed by atoms with Gasteiger partial charge in [0.1, 0.15) is 0 Å². The molecular formula is C15H16Br2N2. The van der Waals surface area contributed by atoms with Gasteiger partial charge in [-0.15, -0.1) is 0 Å². The Morgan fingerprint density at radius 3 is 2.53 bits per heavy atom. The average Bonchev–Trinajstić information content (AvgIpc) is 2.39. The molecule has 0 aliphatic carbocycles. The van der Waals surface area contributed by atoms with Crippen molar-refractivity contribution in [1.29, 1.82) is 0 Å². The lowest BCUT2D eigenvalue weighted by Crippen LogP contribution is -2.30. The van der Waals surface area contributed by atoms with Crippen molar-refractivity contribution in [1.82, 2.24) is 5.43 Å². The summed E-state index contributed by atoms with van der Waals surface area (Å²) in [7, 11) is 0. The second kappa shape index (κ2) is 6.66. The lowest BCUT2D eigenvalue weighted by Gasteiger charge is -2.19. The maximum atomic E-state index is 5.73. The summed E-state index contributed by atoms with van der Waals surface area (Å²) in [4.78, 5) is 0. The van der Waals surface area contributed by atoms with Crippen LogP contribution < -0.4 is 11.3 Å². The number of halogens is 2. The summed E-state index contributed by atoms with van der Waals surface area (Å²) in [5.74, 6) is 5.73. The lowest BCUT2D eigenvalue weighted by molar-refractivity contribution is 0.549. The number of nitrogens with one attached hydrogen (secondary N) is 1. The van der Waals surface area contributed by atoms with Crippen LogP contribution in [0.3, 0.4) is 0 Å². The molecule has 1 unspecified atom stereocenters. The van der Waals surface area contributed by atoms with Crippen molar-refractivity contribution in [2.24, 2.45) is 5.84 Å². The van der Waals surface area contributed by atoms with Crippen LogP contribution in [0.5, 0.6) is 0 Å². The Morgan fingerprint density at radius 1 is 1.16 bits per heavy atom. The zero-order valence-corrected chi connectivity index (χ0v) is 13.8. The molecule has 0 aliphatic rings. The van der Waals surface area contributed by atoms with E-state index < -0.39 is 0 Å². The number of nitrogens with two attached hydrogens (primary N) is 1. The highest BCUT2D eigenvalue weighted by molar-refractivity contribution is 9.11. The van der Waals surface area contributed by atoms with Crippen molar-refractivity contribution < 1.29 is 0 Å². The molecule has 0 spiro atoms. The minimum Gasteiger partial charge on any atom is -0.271 e. The van der Waals surface area contributed by atoms with E-state index in [1.807, 2.05) is 12.1 Å². The first-order valence-corrected chi connectivity index (χ1v) is 7.66. The Labute approximate surface area is 130 Å². The molecule has 2 nitrogen and oxygen atoms in total. The predicted octanol–water partition coefficient (Wildman–Crippen LogP) is 4.27. The van der Waals surface area contributed by atoms with Crippen LogP contribution >= 0.6 is 31.9 Å². The molecule has 19 heavy (non-hydrogen) atoms. The van der Waals surface area contributed by atoms with Crippen LogP contribution in [-0.4, -0.2) is 0 Å². The summed E-state index contributed by atoms with van der Waals surface area (Å²) >= 11 is 7.06. The second-order valence-corrected chi connectivity index (χ2v) is 6.29. The zero-order valence-electron chi connectivity index (χ0n) is 10.7. The summed E-state index contributed by atoms with van der Waals surface area (Å²) in [5.41, 5.74) is 6.66. The van der Waals surface area contributed by atoms with Gasteiger partial charge in [0.15, 0.2) is 0 Å². The molecule has 0 amide bonds. The van der Waals surface area contributed by atoms with Crippen LogP contribution in [-0.2, 0) is 6.42 Å². The van der Waals surface area contributed by atoms with Crippen molar-refractivity contribution >= 4 is 31.9 Å². The number of rotatable bonds is 4. The number of hydrogen-bond donors (Lipinski definition) is 2. The highest BCUT2D eigenvalue weighted by Gasteiger charge is 2.14. The van der Waals surface area contributed by atoms with Gasteiger partial charge in [-0.3, -0.25) is 11.3 Å². The van der Waals surface area contributed by atoms with Crippen molar-refractivity contribution in [3.63, 3.8) is 0 Å². The Morgan fingerprint density at radius 2 is 1.89 bits per heavy atom. The Balaban J connectivity index is 2.28. The molecule has 2 aromatic rings. The first-order chi connectivity index (χ1) is 9.11. The molecule has 0 heterocycles. The fraction of sp³-hybridized carbons (Fsp3) is 0.200. The van der Waals surface area contributed by atoms with Crippen LogP contribution in [0.1, 0.15) is 22.7 Å². The van der Waals surface area contributed by atoms with E-state index in [2.05, 4.69) is 74.5 Å². The predicted molar refractivity (Wildman–Crippen MR) is 86.8 cm³/mol. The van der Waals surface area contributed by atoms with Crippen molar-refractivity contribution in [2.75, 3.05) is 0 Å². The third kappa shape index (κ3) is 3.66. The molecule has 0 aliphatic heterocycles. The van der Waals surface area contributed by atoms with Gasteiger partial charge in [-0.05, 0) is 42.2 Å².